The van der Waals surface area contributed by atoms with E-state index in [9.17, 15) is 9.90 Å². The molecule has 104 valence electrons. The summed E-state index contributed by atoms with van der Waals surface area (Å²) < 4.78 is 0. The first-order chi connectivity index (χ1) is 10.1. The van der Waals surface area contributed by atoms with E-state index in [4.69, 9.17) is 11.6 Å². The summed E-state index contributed by atoms with van der Waals surface area (Å²) in [6, 6.07) is 14.4. The molecule has 1 aromatic heterocycles. The first kappa shape index (κ1) is 13.6. The highest BCUT2D eigenvalue weighted by molar-refractivity contribution is 6.30. The molecule has 0 amide bonds. The zero-order valence-electron chi connectivity index (χ0n) is 11.3. The molecular formula is C17H12ClNO2. The number of nitrogens with zero attached hydrogens (tertiary/aromatic N) is 1. The first-order valence-electron chi connectivity index (χ1n) is 6.46. The zero-order chi connectivity index (χ0) is 15.0. The molecule has 4 heteroatoms. The third-order valence-electron chi connectivity index (χ3n) is 3.42. The van der Waals surface area contributed by atoms with E-state index in [0.29, 0.717) is 27.2 Å². The van der Waals surface area contributed by atoms with Crippen molar-refractivity contribution in [1.29, 1.82) is 0 Å². The molecule has 1 N–H and O–H groups in total. The smallest absolute Gasteiger partial charge is 0.337 e. The summed E-state index contributed by atoms with van der Waals surface area (Å²) in [6.07, 6.45) is 0. The number of aryl methyl sites for hydroxylation is 1. The van der Waals surface area contributed by atoms with Crippen molar-refractivity contribution in [2.24, 2.45) is 0 Å². The summed E-state index contributed by atoms with van der Waals surface area (Å²) in [5.74, 6) is -0.957. The molecule has 0 aliphatic rings. The number of pyridine rings is 1. The third kappa shape index (κ3) is 2.36. The summed E-state index contributed by atoms with van der Waals surface area (Å²) in [4.78, 5) is 16.3. The number of fused-ring (bicyclic) bond motifs is 1. The van der Waals surface area contributed by atoms with Crippen LogP contribution >= 0.6 is 11.6 Å². The predicted octanol–water partition coefficient (Wildman–Crippen LogP) is 4.56. The summed E-state index contributed by atoms with van der Waals surface area (Å²) in [5.41, 5.74) is 3.09. The van der Waals surface area contributed by atoms with Gasteiger partial charge in [0.15, 0.2) is 0 Å². The largest absolute Gasteiger partial charge is 0.478 e. The molecule has 2 aromatic carbocycles. The van der Waals surface area contributed by atoms with E-state index in [0.717, 1.165) is 5.56 Å². The van der Waals surface area contributed by atoms with Crippen molar-refractivity contribution in [3.8, 4) is 11.1 Å². The summed E-state index contributed by atoms with van der Waals surface area (Å²) >= 11 is 5.90. The number of benzene rings is 2. The Hall–Kier alpha value is -2.39. The lowest BCUT2D eigenvalue weighted by molar-refractivity contribution is 0.0699. The van der Waals surface area contributed by atoms with Gasteiger partial charge >= 0.3 is 5.97 Å². The maximum atomic E-state index is 11.8. The lowest BCUT2D eigenvalue weighted by Crippen LogP contribution is -2.05. The zero-order valence-corrected chi connectivity index (χ0v) is 12.1. The van der Waals surface area contributed by atoms with Crippen LogP contribution in [-0.4, -0.2) is 16.1 Å². The van der Waals surface area contributed by atoms with Crippen molar-refractivity contribution in [3.05, 3.63) is 64.8 Å². The van der Waals surface area contributed by atoms with Crippen molar-refractivity contribution in [2.75, 3.05) is 0 Å². The van der Waals surface area contributed by atoms with E-state index >= 15 is 0 Å². The van der Waals surface area contributed by atoms with Crippen LogP contribution in [0.2, 0.25) is 5.02 Å². The number of aromatic nitrogens is 1. The van der Waals surface area contributed by atoms with Gasteiger partial charge in [0.1, 0.15) is 0 Å². The maximum Gasteiger partial charge on any atom is 0.337 e. The fraction of sp³-hybridized carbons (Fsp3) is 0.0588. The van der Waals surface area contributed by atoms with Crippen LogP contribution in [0, 0.1) is 6.92 Å². The Morgan fingerprint density at radius 1 is 1.10 bits per heavy atom. The second-order valence-corrected chi connectivity index (χ2v) is 5.21. The molecule has 0 aliphatic carbocycles. The fourth-order valence-corrected chi connectivity index (χ4v) is 2.65. The monoisotopic (exact) mass is 297 g/mol. The first-order valence-corrected chi connectivity index (χ1v) is 6.84. The molecule has 0 bridgehead atoms. The van der Waals surface area contributed by atoms with Gasteiger partial charge in [0.05, 0.1) is 11.1 Å². The number of rotatable bonds is 2. The average Bonchev–Trinajstić information content (AvgIpc) is 2.46. The Balaban J connectivity index is 2.41. The van der Waals surface area contributed by atoms with Crippen molar-refractivity contribution in [2.45, 2.75) is 6.92 Å². The Morgan fingerprint density at radius 2 is 1.76 bits per heavy atom. The second kappa shape index (κ2) is 5.19. The van der Waals surface area contributed by atoms with Crippen LogP contribution in [0.4, 0.5) is 0 Å². The van der Waals surface area contributed by atoms with Crippen molar-refractivity contribution >= 4 is 28.5 Å². The quantitative estimate of drug-likeness (QED) is 0.754. The van der Waals surface area contributed by atoms with Gasteiger partial charge in [-0.2, -0.15) is 0 Å². The Bertz CT molecular complexity index is 841. The predicted molar refractivity (Wildman–Crippen MR) is 83.9 cm³/mol. The van der Waals surface area contributed by atoms with Crippen LogP contribution in [-0.2, 0) is 0 Å². The molecule has 0 saturated carbocycles. The van der Waals surface area contributed by atoms with Crippen LogP contribution in [0.3, 0.4) is 0 Å². The Labute approximate surface area is 126 Å². The van der Waals surface area contributed by atoms with E-state index in [-0.39, 0.29) is 5.56 Å². The minimum Gasteiger partial charge on any atom is -0.478 e. The van der Waals surface area contributed by atoms with Gasteiger partial charge in [-0.15, -0.1) is 0 Å². The molecule has 0 radical (unpaired) electrons. The molecule has 21 heavy (non-hydrogen) atoms. The maximum absolute atomic E-state index is 11.8. The molecule has 0 saturated heterocycles. The number of para-hydroxylation sites is 1. The number of aromatic carboxylic acids is 1. The third-order valence-corrected chi connectivity index (χ3v) is 3.67. The van der Waals surface area contributed by atoms with Gasteiger partial charge in [-0.25, -0.2) is 4.79 Å². The number of carbonyl (C=O) groups is 1. The van der Waals surface area contributed by atoms with Crippen molar-refractivity contribution in [1.82, 2.24) is 4.98 Å². The SMILES string of the molecule is Cc1nc2ccccc2c(C(=O)O)c1-c1ccc(Cl)cc1. The van der Waals surface area contributed by atoms with Gasteiger partial charge in [0.2, 0.25) is 0 Å². The van der Waals surface area contributed by atoms with Crippen LogP contribution in [0.1, 0.15) is 16.1 Å². The van der Waals surface area contributed by atoms with E-state index in [1.807, 2.05) is 37.3 Å². The van der Waals surface area contributed by atoms with Gasteiger partial charge in [-0.05, 0) is 30.7 Å². The molecule has 0 aliphatic heterocycles. The molecule has 1 heterocycles. The van der Waals surface area contributed by atoms with Gasteiger partial charge in [0, 0.05) is 21.7 Å². The van der Waals surface area contributed by atoms with Crippen LogP contribution < -0.4 is 0 Å². The number of hydrogen-bond acceptors (Lipinski definition) is 2. The highest BCUT2D eigenvalue weighted by Gasteiger charge is 2.19. The number of carboxylic acid groups (broad SMARTS) is 1. The highest BCUT2D eigenvalue weighted by atomic mass is 35.5. The van der Waals surface area contributed by atoms with Crippen LogP contribution in [0.5, 0.6) is 0 Å². The Kier molecular flexibility index (Phi) is 3.35. The van der Waals surface area contributed by atoms with Gasteiger partial charge in [-0.3, -0.25) is 4.98 Å². The van der Waals surface area contributed by atoms with Crippen molar-refractivity contribution < 1.29 is 9.90 Å². The topological polar surface area (TPSA) is 50.2 Å². The van der Waals surface area contributed by atoms with Gasteiger partial charge in [0.25, 0.3) is 0 Å². The summed E-state index contributed by atoms with van der Waals surface area (Å²) in [7, 11) is 0. The highest BCUT2D eigenvalue weighted by Crippen LogP contribution is 2.32. The van der Waals surface area contributed by atoms with E-state index in [1.165, 1.54) is 0 Å². The Morgan fingerprint density at radius 3 is 2.43 bits per heavy atom. The molecule has 0 spiro atoms. The molecule has 3 rings (SSSR count). The number of carboxylic acids is 1. The van der Waals surface area contributed by atoms with Crippen LogP contribution in [0.25, 0.3) is 22.0 Å². The minimum absolute atomic E-state index is 0.278. The van der Waals surface area contributed by atoms with Crippen molar-refractivity contribution in [3.63, 3.8) is 0 Å². The van der Waals surface area contributed by atoms with E-state index < -0.39 is 5.97 Å². The lowest BCUT2D eigenvalue weighted by Gasteiger charge is -2.13. The molecule has 3 nitrogen and oxygen atoms in total. The summed E-state index contributed by atoms with van der Waals surface area (Å²) in [6.45, 7) is 1.82. The fourth-order valence-electron chi connectivity index (χ4n) is 2.53. The van der Waals surface area contributed by atoms with E-state index in [1.54, 1.807) is 18.2 Å². The van der Waals surface area contributed by atoms with E-state index in [2.05, 4.69) is 4.98 Å². The lowest BCUT2D eigenvalue weighted by atomic mass is 9.95. The standard InChI is InChI=1S/C17H12ClNO2/c1-10-15(11-6-8-12(18)9-7-11)16(17(20)21)13-4-2-3-5-14(13)19-10/h2-9H,1H3,(H,20,21). The molecular weight excluding hydrogens is 286 g/mol. The molecule has 0 atom stereocenters. The molecule has 0 unspecified atom stereocenters. The van der Waals surface area contributed by atoms with Gasteiger partial charge < -0.3 is 5.11 Å². The number of hydrogen-bond donors (Lipinski definition) is 1. The normalized spacial score (nSPS) is 10.8. The second-order valence-electron chi connectivity index (χ2n) is 4.78. The summed E-state index contributed by atoms with van der Waals surface area (Å²) in [5, 5.41) is 10.9. The van der Waals surface area contributed by atoms with Crippen LogP contribution in [0.15, 0.2) is 48.5 Å². The average molecular weight is 298 g/mol. The minimum atomic E-state index is -0.957. The molecule has 3 aromatic rings. The number of halogens is 1. The molecule has 0 fully saturated rings. The van der Waals surface area contributed by atoms with Gasteiger partial charge in [-0.1, -0.05) is 41.9 Å².